The van der Waals surface area contributed by atoms with Crippen LogP contribution in [0, 0.1) is 0 Å². The summed E-state index contributed by atoms with van der Waals surface area (Å²) in [6, 6.07) is 5.05. The predicted molar refractivity (Wildman–Crippen MR) is 66.0 cm³/mol. The highest BCUT2D eigenvalue weighted by atomic mass is 79.9. The number of benzene rings is 1. The maximum atomic E-state index is 12.4. The van der Waals surface area contributed by atoms with E-state index in [1.165, 1.54) is 4.90 Å². The van der Waals surface area contributed by atoms with E-state index in [1.54, 1.807) is 25.1 Å². The molecule has 6 heteroatoms. The molecule has 2 nitrogen and oxygen atoms in total. The fourth-order valence-electron chi connectivity index (χ4n) is 1.50. The van der Waals surface area contributed by atoms with Crippen LogP contribution in [-0.4, -0.2) is 19.3 Å². The van der Waals surface area contributed by atoms with Gasteiger partial charge in [-0.1, -0.05) is 22.0 Å². The van der Waals surface area contributed by atoms with E-state index >= 15 is 0 Å². The van der Waals surface area contributed by atoms with Crippen molar-refractivity contribution in [3.05, 3.63) is 28.2 Å². The third-order valence-electron chi connectivity index (χ3n) is 2.37. The minimum Gasteiger partial charge on any atom is -0.363 e. The van der Waals surface area contributed by atoms with Crippen LogP contribution in [0.5, 0.6) is 0 Å². The van der Waals surface area contributed by atoms with Gasteiger partial charge in [0.05, 0.1) is 0 Å². The van der Waals surface area contributed by atoms with Gasteiger partial charge in [-0.05, 0) is 24.6 Å². The van der Waals surface area contributed by atoms with Gasteiger partial charge in [0.15, 0.2) is 0 Å². The smallest absolute Gasteiger partial charge is 0.363 e. The van der Waals surface area contributed by atoms with Gasteiger partial charge < -0.3 is 10.6 Å². The van der Waals surface area contributed by atoms with Gasteiger partial charge in [0, 0.05) is 23.2 Å². The van der Waals surface area contributed by atoms with Gasteiger partial charge >= 0.3 is 6.18 Å². The molecule has 0 saturated carbocycles. The number of hydrogen-bond donors (Lipinski definition) is 1. The number of rotatable bonds is 4. The van der Waals surface area contributed by atoms with Gasteiger partial charge in [-0.25, -0.2) is 0 Å². The first-order chi connectivity index (χ1) is 7.87. The Labute approximate surface area is 107 Å². The van der Waals surface area contributed by atoms with Crippen LogP contribution in [0.2, 0.25) is 0 Å². The van der Waals surface area contributed by atoms with Gasteiger partial charge in [-0.2, -0.15) is 13.2 Å². The summed E-state index contributed by atoms with van der Waals surface area (Å²) in [7, 11) is 0. The SMILES string of the molecule is CCN(CC(F)(F)F)c1ccc(CN)c(Br)c1. The predicted octanol–water partition coefficient (Wildman–Crippen LogP) is 3.30. The van der Waals surface area contributed by atoms with Crippen LogP contribution in [0.1, 0.15) is 12.5 Å². The first kappa shape index (κ1) is 14.3. The molecule has 0 spiro atoms. The number of anilines is 1. The topological polar surface area (TPSA) is 29.3 Å². The second-order valence-corrected chi connectivity index (χ2v) is 4.46. The molecule has 17 heavy (non-hydrogen) atoms. The number of hydrogen-bond acceptors (Lipinski definition) is 2. The lowest BCUT2D eigenvalue weighted by atomic mass is 10.2. The highest BCUT2D eigenvalue weighted by molar-refractivity contribution is 9.10. The summed E-state index contributed by atoms with van der Waals surface area (Å²) in [6.45, 7) is 1.40. The third kappa shape index (κ3) is 4.20. The zero-order valence-electron chi connectivity index (χ0n) is 9.39. The lowest BCUT2D eigenvalue weighted by molar-refractivity contribution is -0.119. The highest BCUT2D eigenvalue weighted by Crippen LogP contribution is 2.26. The molecule has 1 aromatic rings. The van der Waals surface area contributed by atoms with E-state index in [9.17, 15) is 13.2 Å². The molecule has 1 rings (SSSR count). The third-order valence-corrected chi connectivity index (χ3v) is 3.11. The molecule has 0 aliphatic heterocycles. The molecule has 0 fully saturated rings. The molecule has 2 N–H and O–H groups in total. The van der Waals surface area contributed by atoms with Crippen LogP contribution in [0.3, 0.4) is 0 Å². The van der Waals surface area contributed by atoms with E-state index in [-0.39, 0.29) is 0 Å². The zero-order chi connectivity index (χ0) is 13.1. The average Bonchev–Trinajstić information content (AvgIpc) is 2.24. The molecule has 0 amide bonds. The minimum atomic E-state index is -4.20. The maximum absolute atomic E-state index is 12.4. The van der Waals surface area contributed by atoms with Crippen molar-refractivity contribution in [2.75, 3.05) is 18.0 Å². The second-order valence-electron chi connectivity index (χ2n) is 3.61. The summed E-state index contributed by atoms with van der Waals surface area (Å²) in [4.78, 5) is 1.27. The molecule has 0 aliphatic carbocycles. The van der Waals surface area contributed by atoms with Crippen molar-refractivity contribution in [1.82, 2.24) is 0 Å². The molecule has 1 aromatic carbocycles. The van der Waals surface area contributed by atoms with Gasteiger partial charge in [0.25, 0.3) is 0 Å². The van der Waals surface area contributed by atoms with Crippen LogP contribution < -0.4 is 10.6 Å². The summed E-state index contributed by atoms with van der Waals surface area (Å²) in [5.74, 6) is 0. The molecule has 0 heterocycles. The van der Waals surface area contributed by atoms with Crippen molar-refractivity contribution in [2.45, 2.75) is 19.6 Å². The molecule has 0 saturated heterocycles. The molecule has 0 radical (unpaired) electrons. The van der Waals surface area contributed by atoms with E-state index in [4.69, 9.17) is 5.73 Å². The Hall–Kier alpha value is -0.750. The Balaban J connectivity index is 2.93. The van der Waals surface area contributed by atoms with E-state index in [0.717, 1.165) is 10.0 Å². The summed E-state index contributed by atoms with van der Waals surface area (Å²) in [5.41, 5.74) is 6.90. The van der Waals surface area contributed by atoms with Crippen LogP contribution in [0.25, 0.3) is 0 Å². The maximum Gasteiger partial charge on any atom is 0.405 e. The van der Waals surface area contributed by atoms with E-state index in [1.807, 2.05) is 0 Å². The number of halogens is 4. The minimum absolute atomic E-state index is 0.300. The van der Waals surface area contributed by atoms with Crippen LogP contribution >= 0.6 is 15.9 Å². The lowest BCUT2D eigenvalue weighted by Gasteiger charge is -2.25. The van der Waals surface area contributed by atoms with Crippen LogP contribution in [0.15, 0.2) is 22.7 Å². The first-order valence-corrected chi connectivity index (χ1v) is 5.97. The van der Waals surface area contributed by atoms with Crippen LogP contribution in [-0.2, 0) is 6.54 Å². The monoisotopic (exact) mass is 310 g/mol. The molecule has 0 bridgehead atoms. The van der Waals surface area contributed by atoms with E-state index in [0.29, 0.717) is 18.8 Å². The Bertz CT molecular complexity index is 379. The van der Waals surface area contributed by atoms with Gasteiger partial charge in [-0.3, -0.25) is 0 Å². The Morgan fingerprint density at radius 3 is 2.41 bits per heavy atom. The quantitative estimate of drug-likeness (QED) is 0.924. The molecule has 96 valence electrons. The standard InChI is InChI=1S/C11H14BrF3N2/c1-2-17(7-11(13,14)15)9-4-3-8(6-16)10(12)5-9/h3-5H,2,6-7,16H2,1H3. The van der Waals surface area contributed by atoms with Crippen LogP contribution in [0.4, 0.5) is 18.9 Å². The molecule has 0 aromatic heterocycles. The van der Waals surface area contributed by atoms with Gasteiger partial charge in [-0.15, -0.1) is 0 Å². The fraction of sp³-hybridized carbons (Fsp3) is 0.455. The normalized spacial score (nSPS) is 11.6. The highest BCUT2D eigenvalue weighted by Gasteiger charge is 2.30. The first-order valence-electron chi connectivity index (χ1n) is 5.17. The largest absolute Gasteiger partial charge is 0.405 e. The van der Waals surface area contributed by atoms with Crippen molar-refractivity contribution in [3.63, 3.8) is 0 Å². The lowest BCUT2D eigenvalue weighted by Crippen LogP contribution is -2.34. The molecule has 0 aliphatic rings. The molecular weight excluding hydrogens is 297 g/mol. The van der Waals surface area contributed by atoms with E-state index in [2.05, 4.69) is 15.9 Å². The summed E-state index contributed by atoms with van der Waals surface area (Å²) >= 11 is 3.30. The van der Waals surface area contributed by atoms with E-state index < -0.39 is 12.7 Å². The summed E-state index contributed by atoms with van der Waals surface area (Å²) in [6.07, 6.45) is -4.20. The second kappa shape index (κ2) is 5.73. The zero-order valence-corrected chi connectivity index (χ0v) is 11.0. The average molecular weight is 311 g/mol. The Morgan fingerprint density at radius 2 is 2.00 bits per heavy atom. The molecule has 0 unspecified atom stereocenters. The summed E-state index contributed by atoms with van der Waals surface area (Å²) in [5, 5.41) is 0. The van der Waals surface area contributed by atoms with Crippen molar-refractivity contribution >= 4 is 21.6 Å². The number of nitrogens with two attached hydrogens (primary N) is 1. The fourth-order valence-corrected chi connectivity index (χ4v) is 2.03. The molecular formula is C11H14BrF3N2. The van der Waals surface area contributed by atoms with Crippen molar-refractivity contribution in [1.29, 1.82) is 0 Å². The van der Waals surface area contributed by atoms with Crippen molar-refractivity contribution < 1.29 is 13.2 Å². The van der Waals surface area contributed by atoms with Gasteiger partial charge in [0.1, 0.15) is 6.54 Å². The Kier molecular flexibility index (Phi) is 4.82. The van der Waals surface area contributed by atoms with Crippen molar-refractivity contribution in [2.24, 2.45) is 5.73 Å². The number of alkyl halides is 3. The Morgan fingerprint density at radius 1 is 1.35 bits per heavy atom. The van der Waals surface area contributed by atoms with Gasteiger partial charge in [0.2, 0.25) is 0 Å². The molecule has 0 atom stereocenters. The summed E-state index contributed by atoms with van der Waals surface area (Å²) < 4.78 is 37.8. The van der Waals surface area contributed by atoms with Crippen molar-refractivity contribution in [3.8, 4) is 0 Å². The number of nitrogens with zero attached hydrogens (tertiary/aromatic N) is 1.